The molecule has 5 heteroatoms. The molecule has 1 aromatic heterocycles. The van der Waals surface area contributed by atoms with Crippen molar-refractivity contribution < 1.29 is 14.0 Å². The second-order valence-electron chi connectivity index (χ2n) is 4.38. The fourth-order valence-electron chi connectivity index (χ4n) is 2.07. The molecule has 0 aliphatic carbocycles. The minimum Gasteiger partial charge on any atom is -0.459 e. The molecular formula is C14H12N2O3. The van der Waals surface area contributed by atoms with Crippen LogP contribution in [0.25, 0.3) is 0 Å². The van der Waals surface area contributed by atoms with Gasteiger partial charge in [-0.1, -0.05) is 12.1 Å². The predicted molar refractivity (Wildman–Crippen MR) is 68.7 cm³/mol. The first kappa shape index (κ1) is 11.5. The van der Waals surface area contributed by atoms with E-state index in [0.29, 0.717) is 13.0 Å². The SMILES string of the molecule is O=C1Cc2cc(CNC(=O)c3ccco3)ccc2N1. The Morgan fingerprint density at radius 3 is 3.05 bits per heavy atom. The molecule has 0 atom stereocenters. The number of hydrogen-bond donors (Lipinski definition) is 2. The Kier molecular flexibility index (Phi) is 2.79. The van der Waals surface area contributed by atoms with E-state index >= 15 is 0 Å². The van der Waals surface area contributed by atoms with Gasteiger partial charge < -0.3 is 15.1 Å². The molecule has 19 heavy (non-hydrogen) atoms. The van der Waals surface area contributed by atoms with Gasteiger partial charge in [-0.3, -0.25) is 9.59 Å². The van der Waals surface area contributed by atoms with Gasteiger partial charge >= 0.3 is 0 Å². The van der Waals surface area contributed by atoms with E-state index in [1.54, 1.807) is 12.1 Å². The molecule has 1 aliphatic heterocycles. The van der Waals surface area contributed by atoms with E-state index in [-0.39, 0.29) is 17.6 Å². The van der Waals surface area contributed by atoms with Crippen LogP contribution in [-0.2, 0) is 17.8 Å². The molecule has 2 aromatic rings. The van der Waals surface area contributed by atoms with E-state index in [4.69, 9.17) is 4.42 Å². The first-order chi connectivity index (χ1) is 9.22. The van der Waals surface area contributed by atoms with Crippen LogP contribution in [0.15, 0.2) is 41.0 Å². The highest BCUT2D eigenvalue weighted by Crippen LogP contribution is 2.23. The van der Waals surface area contributed by atoms with E-state index in [9.17, 15) is 9.59 Å². The Bertz CT molecular complexity index is 632. The second kappa shape index (κ2) is 4.61. The largest absolute Gasteiger partial charge is 0.459 e. The number of benzene rings is 1. The molecule has 0 fully saturated rings. The van der Waals surface area contributed by atoms with Gasteiger partial charge in [-0.25, -0.2) is 0 Å². The number of fused-ring (bicyclic) bond motifs is 1. The Morgan fingerprint density at radius 1 is 1.37 bits per heavy atom. The molecule has 2 amide bonds. The molecule has 0 radical (unpaired) electrons. The lowest BCUT2D eigenvalue weighted by atomic mass is 10.1. The van der Waals surface area contributed by atoms with Crippen LogP contribution in [0.4, 0.5) is 5.69 Å². The van der Waals surface area contributed by atoms with Crippen LogP contribution in [-0.4, -0.2) is 11.8 Å². The highest BCUT2D eigenvalue weighted by molar-refractivity contribution is 5.99. The van der Waals surface area contributed by atoms with E-state index in [1.807, 2.05) is 18.2 Å². The molecule has 0 spiro atoms. The van der Waals surface area contributed by atoms with Crippen molar-refractivity contribution in [3.63, 3.8) is 0 Å². The third-order valence-corrected chi connectivity index (χ3v) is 2.99. The summed E-state index contributed by atoms with van der Waals surface area (Å²) in [7, 11) is 0. The molecule has 1 aromatic carbocycles. The van der Waals surface area contributed by atoms with Crippen LogP contribution >= 0.6 is 0 Å². The van der Waals surface area contributed by atoms with Crippen LogP contribution in [0.1, 0.15) is 21.7 Å². The maximum Gasteiger partial charge on any atom is 0.287 e. The molecule has 96 valence electrons. The minimum absolute atomic E-state index is 0.00627. The lowest BCUT2D eigenvalue weighted by Crippen LogP contribution is -2.22. The van der Waals surface area contributed by atoms with Crippen molar-refractivity contribution in [2.24, 2.45) is 0 Å². The van der Waals surface area contributed by atoms with Gasteiger partial charge in [0.1, 0.15) is 0 Å². The maximum atomic E-state index is 11.7. The average Bonchev–Trinajstić information content (AvgIpc) is 3.03. The summed E-state index contributed by atoms with van der Waals surface area (Å²) in [5, 5.41) is 5.54. The molecule has 2 N–H and O–H groups in total. The van der Waals surface area contributed by atoms with Crippen molar-refractivity contribution in [2.75, 3.05) is 5.32 Å². The Balaban J connectivity index is 1.67. The number of furan rings is 1. The van der Waals surface area contributed by atoms with Crippen molar-refractivity contribution in [1.82, 2.24) is 5.32 Å². The van der Waals surface area contributed by atoms with Crippen LogP contribution in [0, 0.1) is 0 Å². The molecule has 0 saturated heterocycles. The topological polar surface area (TPSA) is 71.3 Å². The smallest absolute Gasteiger partial charge is 0.287 e. The normalized spacial score (nSPS) is 12.9. The molecule has 5 nitrogen and oxygen atoms in total. The fourth-order valence-corrected chi connectivity index (χ4v) is 2.07. The summed E-state index contributed by atoms with van der Waals surface area (Å²) in [6, 6.07) is 8.94. The van der Waals surface area contributed by atoms with Gasteiger partial charge in [-0.05, 0) is 29.3 Å². The first-order valence-corrected chi connectivity index (χ1v) is 5.96. The Morgan fingerprint density at radius 2 is 2.26 bits per heavy atom. The van der Waals surface area contributed by atoms with Crippen molar-refractivity contribution >= 4 is 17.5 Å². The van der Waals surface area contributed by atoms with Gasteiger partial charge in [0, 0.05) is 12.2 Å². The van der Waals surface area contributed by atoms with Crippen molar-refractivity contribution in [1.29, 1.82) is 0 Å². The summed E-state index contributed by atoms with van der Waals surface area (Å²) in [6.45, 7) is 0.404. The quantitative estimate of drug-likeness (QED) is 0.878. The molecule has 0 unspecified atom stereocenters. The lowest BCUT2D eigenvalue weighted by molar-refractivity contribution is -0.115. The molecule has 0 bridgehead atoms. The summed E-state index contributed by atoms with van der Waals surface area (Å²) in [5.74, 6) is 0.0458. The number of anilines is 1. The average molecular weight is 256 g/mol. The van der Waals surface area contributed by atoms with Gasteiger partial charge in [0.05, 0.1) is 12.7 Å². The summed E-state index contributed by atoms with van der Waals surface area (Å²) < 4.78 is 5.01. The molecule has 2 heterocycles. The third-order valence-electron chi connectivity index (χ3n) is 2.99. The lowest BCUT2D eigenvalue weighted by Gasteiger charge is -2.05. The molecule has 3 rings (SSSR count). The monoisotopic (exact) mass is 256 g/mol. The zero-order valence-corrected chi connectivity index (χ0v) is 10.1. The maximum absolute atomic E-state index is 11.7. The fraction of sp³-hybridized carbons (Fsp3) is 0.143. The standard InChI is InChI=1S/C14H12N2O3/c17-13-7-10-6-9(3-4-11(10)16-13)8-15-14(18)12-2-1-5-19-12/h1-6H,7-8H2,(H,15,18)(H,16,17). The van der Waals surface area contributed by atoms with Crippen LogP contribution in [0.3, 0.4) is 0 Å². The van der Waals surface area contributed by atoms with Crippen molar-refractivity contribution in [3.8, 4) is 0 Å². The van der Waals surface area contributed by atoms with E-state index in [2.05, 4.69) is 10.6 Å². The third kappa shape index (κ3) is 2.35. The van der Waals surface area contributed by atoms with Crippen molar-refractivity contribution in [2.45, 2.75) is 13.0 Å². The first-order valence-electron chi connectivity index (χ1n) is 5.96. The summed E-state index contributed by atoms with van der Waals surface area (Å²) in [4.78, 5) is 22.9. The van der Waals surface area contributed by atoms with Crippen molar-refractivity contribution in [3.05, 3.63) is 53.5 Å². The molecular weight excluding hydrogens is 244 g/mol. The van der Waals surface area contributed by atoms with Gasteiger partial charge in [-0.2, -0.15) is 0 Å². The zero-order chi connectivity index (χ0) is 13.2. The summed E-state index contributed by atoms with van der Waals surface area (Å²) in [6.07, 6.45) is 1.86. The van der Waals surface area contributed by atoms with Gasteiger partial charge in [0.25, 0.3) is 5.91 Å². The number of hydrogen-bond acceptors (Lipinski definition) is 3. The number of amides is 2. The summed E-state index contributed by atoms with van der Waals surface area (Å²) in [5.41, 5.74) is 2.77. The van der Waals surface area contributed by atoms with Crippen LogP contribution in [0.5, 0.6) is 0 Å². The number of carbonyl (C=O) groups excluding carboxylic acids is 2. The van der Waals surface area contributed by atoms with Crippen LogP contribution in [0.2, 0.25) is 0 Å². The minimum atomic E-state index is -0.250. The highest BCUT2D eigenvalue weighted by Gasteiger charge is 2.17. The highest BCUT2D eigenvalue weighted by atomic mass is 16.3. The molecule has 1 aliphatic rings. The zero-order valence-electron chi connectivity index (χ0n) is 10.1. The Hall–Kier alpha value is -2.56. The van der Waals surface area contributed by atoms with Gasteiger partial charge in [0.2, 0.25) is 5.91 Å². The van der Waals surface area contributed by atoms with E-state index < -0.39 is 0 Å². The Labute approximate surface area is 109 Å². The molecule has 0 saturated carbocycles. The van der Waals surface area contributed by atoms with E-state index in [0.717, 1.165) is 16.8 Å². The van der Waals surface area contributed by atoms with Crippen LogP contribution < -0.4 is 10.6 Å². The number of nitrogens with one attached hydrogen (secondary N) is 2. The number of rotatable bonds is 3. The van der Waals surface area contributed by atoms with Gasteiger partial charge in [0.15, 0.2) is 5.76 Å². The predicted octanol–water partition coefficient (Wildman–Crippen LogP) is 1.70. The second-order valence-corrected chi connectivity index (χ2v) is 4.38. The van der Waals surface area contributed by atoms with Gasteiger partial charge in [-0.15, -0.1) is 0 Å². The summed E-state index contributed by atoms with van der Waals surface area (Å²) >= 11 is 0. The number of carbonyl (C=O) groups is 2. The van der Waals surface area contributed by atoms with E-state index in [1.165, 1.54) is 6.26 Å².